The van der Waals surface area contributed by atoms with E-state index in [1.807, 2.05) is 12.1 Å². The summed E-state index contributed by atoms with van der Waals surface area (Å²) in [4.78, 5) is 4.47. The SMILES string of the molecule is COc1cccc(CN(CCCN(C)C)C(=S)NC2CC(C)(C)NC(C)(C)C2)c1OC. The number of piperidine rings is 1. The maximum Gasteiger partial charge on any atom is 0.169 e. The molecule has 7 heteroatoms. The van der Waals surface area contributed by atoms with Gasteiger partial charge in [0.25, 0.3) is 0 Å². The van der Waals surface area contributed by atoms with Crippen LogP contribution in [0.4, 0.5) is 0 Å². The lowest BCUT2D eigenvalue weighted by atomic mass is 9.80. The quantitative estimate of drug-likeness (QED) is 0.557. The Morgan fingerprint density at radius 3 is 2.29 bits per heavy atom. The molecule has 0 aromatic heterocycles. The third-order valence-electron chi connectivity index (χ3n) is 5.68. The third-order valence-corrected chi connectivity index (χ3v) is 6.06. The molecular formula is C24H42N4O2S. The van der Waals surface area contributed by atoms with E-state index in [-0.39, 0.29) is 11.1 Å². The van der Waals surface area contributed by atoms with Gasteiger partial charge >= 0.3 is 0 Å². The van der Waals surface area contributed by atoms with Crippen molar-refractivity contribution in [2.45, 2.75) is 70.6 Å². The van der Waals surface area contributed by atoms with Crippen LogP contribution in [0.5, 0.6) is 11.5 Å². The number of hydrogen-bond acceptors (Lipinski definition) is 5. The summed E-state index contributed by atoms with van der Waals surface area (Å²) in [6, 6.07) is 6.35. The highest BCUT2D eigenvalue weighted by molar-refractivity contribution is 7.80. The Labute approximate surface area is 194 Å². The molecule has 1 aromatic carbocycles. The molecule has 2 N–H and O–H groups in total. The Bertz CT molecular complexity index is 720. The van der Waals surface area contributed by atoms with Crippen molar-refractivity contribution in [1.29, 1.82) is 0 Å². The molecule has 0 bridgehead atoms. The van der Waals surface area contributed by atoms with E-state index in [9.17, 15) is 0 Å². The van der Waals surface area contributed by atoms with Crippen molar-refractivity contribution >= 4 is 17.3 Å². The van der Waals surface area contributed by atoms with Gasteiger partial charge in [0.15, 0.2) is 16.6 Å². The van der Waals surface area contributed by atoms with Crippen molar-refractivity contribution in [2.75, 3.05) is 41.4 Å². The van der Waals surface area contributed by atoms with Gasteiger partial charge in [0.05, 0.1) is 14.2 Å². The first kappa shape index (κ1) is 25.7. The van der Waals surface area contributed by atoms with E-state index in [1.54, 1.807) is 14.2 Å². The minimum Gasteiger partial charge on any atom is -0.493 e. The number of hydrogen-bond donors (Lipinski definition) is 2. The summed E-state index contributed by atoms with van der Waals surface area (Å²) in [7, 11) is 7.56. The molecule has 0 unspecified atom stereocenters. The minimum atomic E-state index is 0.0702. The molecule has 6 nitrogen and oxygen atoms in total. The second-order valence-electron chi connectivity index (χ2n) is 10.2. The fraction of sp³-hybridized carbons (Fsp3) is 0.708. The average molecular weight is 451 g/mol. The molecule has 0 amide bonds. The van der Waals surface area contributed by atoms with Crippen LogP contribution in [0.25, 0.3) is 0 Å². The summed E-state index contributed by atoms with van der Waals surface area (Å²) in [5, 5.41) is 8.24. The number of nitrogens with one attached hydrogen (secondary N) is 2. The van der Waals surface area contributed by atoms with Crippen LogP contribution in [0.3, 0.4) is 0 Å². The molecule has 0 radical (unpaired) electrons. The van der Waals surface area contributed by atoms with E-state index in [1.165, 1.54) is 0 Å². The van der Waals surface area contributed by atoms with Crippen LogP contribution in [0, 0.1) is 0 Å². The topological polar surface area (TPSA) is 49.0 Å². The molecule has 1 aliphatic heterocycles. The third kappa shape index (κ3) is 7.81. The molecule has 1 aliphatic rings. The summed E-state index contributed by atoms with van der Waals surface area (Å²) >= 11 is 5.93. The number of para-hydroxylation sites is 1. The largest absolute Gasteiger partial charge is 0.493 e. The number of rotatable bonds is 9. The molecule has 31 heavy (non-hydrogen) atoms. The second kappa shape index (κ2) is 10.8. The van der Waals surface area contributed by atoms with Gasteiger partial charge < -0.3 is 29.9 Å². The van der Waals surface area contributed by atoms with Crippen molar-refractivity contribution in [3.05, 3.63) is 23.8 Å². The predicted molar refractivity (Wildman–Crippen MR) is 133 cm³/mol. The highest BCUT2D eigenvalue weighted by atomic mass is 32.1. The first-order valence-corrected chi connectivity index (χ1v) is 11.6. The van der Waals surface area contributed by atoms with Crippen LogP contribution < -0.4 is 20.1 Å². The fourth-order valence-electron chi connectivity index (χ4n) is 4.80. The minimum absolute atomic E-state index is 0.0702. The molecule has 0 saturated carbocycles. The van der Waals surface area contributed by atoms with E-state index < -0.39 is 0 Å². The number of benzene rings is 1. The Kier molecular flexibility index (Phi) is 8.98. The van der Waals surface area contributed by atoms with E-state index in [0.717, 1.165) is 54.5 Å². The van der Waals surface area contributed by atoms with Gasteiger partial charge in [0.1, 0.15) is 0 Å². The first-order chi connectivity index (χ1) is 14.5. The standard InChI is InChI=1S/C24H42N4O2S/c1-23(2)15-19(16-24(3,4)26-23)25-22(31)28(14-10-13-27(5)6)17-18-11-9-12-20(29-7)21(18)30-8/h9,11-12,19,26H,10,13-17H2,1-8H3,(H,25,31). The van der Waals surface area contributed by atoms with Crippen molar-refractivity contribution < 1.29 is 9.47 Å². The molecule has 1 aromatic rings. The predicted octanol–water partition coefficient (Wildman–Crippen LogP) is 3.64. The zero-order chi connectivity index (χ0) is 23.2. The molecule has 0 atom stereocenters. The summed E-state index contributed by atoms with van der Waals surface area (Å²) in [5.74, 6) is 1.52. The van der Waals surface area contributed by atoms with Crippen LogP contribution in [-0.2, 0) is 6.54 Å². The summed E-state index contributed by atoms with van der Waals surface area (Å²) in [6.07, 6.45) is 3.10. The molecule has 2 rings (SSSR count). The lowest BCUT2D eigenvalue weighted by molar-refractivity contribution is 0.153. The first-order valence-electron chi connectivity index (χ1n) is 11.2. The van der Waals surface area contributed by atoms with Gasteiger partial charge in [0, 0.05) is 35.8 Å². The van der Waals surface area contributed by atoms with Crippen LogP contribution in [0.15, 0.2) is 18.2 Å². The zero-order valence-electron chi connectivity index (χ0n) is 20.7. The van der Waals surface area contributed by atoms with Crippen molar-refractivity contribution in [2.24, 2.45) is 0 Å². The Morgan fingerprint density at radius 1 is 1.10 bits per heavy atom. The van der Waals surface area contributed by atoms with E-state index in [4.69, 9.17) is 21.7 Å². The lowest BCUT2D eigenvalue weighted by Crippen LogP contribution is -2.62. The summed E-state index contributed by atoms with van der Waals surface area (Å²) in [6.45, 7) is 11.6. The maximum absolute atomic E-state index is 5.93. The molecule has 176 valence electrons. The molecule has 0 aliphatic carbocycles. The van der Waals surface area contributed by atoms with Gasteiger partial charge in [-0.2, -0.15) is 0 Å². The molecular weight excluding hydrogens is 408 g/mol. The smallest absolute Gasteiger partial charge is 0.169 e. The van der Waals surface area contributed by atoms with E-state index in [0.29, 0.717) is 12.6 Å². The average Bonchev–Trinajstić information content (AvgIpc) is 2.63. The molecule has 1 fully saturated rings. The lowest BCUT2D eigenvalue weighted by Gasteiger charge is -2.47. The van der Waals surface area contributed by atoms with Gasteiger partial charge in [0.2, 0.25) is 0 Å². The van der Waals surface area contributed by atoms with Crippen LogP contribution in [0.2, 0.25) is 0 Å². The van der Waals surface area contributed by atoms with Crippen molar-refractivity contribution in [1.82, 2.24) is 20.4 Å². The van der Waals surface area contributed by atoms with E-state index >= 15 is 0 Å². The second-order valence-corrected chi connectivity index (χ2v) is 10.6. The molecule has 1 saturated heterocycles. The Morgan fingerprint density at radius 2 is 1.74 bits per heavy atom. The Balaban J connectivity index is 2.18. The number of thiocarbonyl (C=S) groups is 1. The summed E-state index contributed by atoms with van der Waals surface area (Å²) < 4.78 is 11.2. The van der Waals surface area contributed by atoms with Gasteiger partial charge in [-0.1, -0.05) is 12.1 Å². The van der Waals surface area contributed by atoms with Crippen LogP contribution in [0.1, 0.15) is 52.5 Å². The number of nitrogens with zero attached hydrogens (tertiary/aromatic N) is 2. The monoisotopic (exact) mass is 450 g/mol. The Hall–Kier alpha value is -1.57. The summed E-state index contributed by atoms with van der Waals surface area (Å²) in [5.41, 5.74) is 1.21. The van der Waals surface area contributed by atoms with E-state index in [2.05, 4.69) is 68.3 Å². The highest BCUT2D eigenvalue weighted by Gasteiger charge is 2.38. The van der Waals surface area contributed by atoms with Crippen LogP contribution in [-0.4, -0.2) is 73.4 Å². The normalized spacial score (nSPS) is 18.0. The number of methoxy groups -OCH3 is 2. The van der Waals surface area contributed by atoms with Gasteiger partial charge in [-0.05, 0) is 85.9 Å². The van der Waals surface area contributed by atoms with Crippen LogP contribution >= 0.6 is 12.2 Å². The molecule has 1 heterocycles. The number of ether oxygens (including phenoxy) is 2. The zero-order valence-corrected chi connectivity index (χ0v) is 21.5. The van der Waals surface area contributed by atoms with Gasteiger partial charge in [-0.3, -0.25) is 0 Å². The molecule has 0 spiro atoms. The van der Waals surface area contributed by atoms with Gasteiger partial charge in [-0.25, -0.2) is 0 Å². The van der Waals surface area contributed by atoms with Gasteiger partial charge in [-0.15, -0.1) is 0 Å². The van der Waals surface area contributed by atoms with Crippen molar-refractivity contribution in [3.63, 3.8) is 0 Å². The van der Waals surface area contributed by atoms with Crippen molar-refractivity contribution in [3.8, 4) is 11.5 Å². The fourth-order valence-corrected chi connectivity index (χ4v) is 5.13. The highest BCUT2D eigenvalue weighted by Crippen LogP contribution is 2.32. The maximum atomic E-state index is 5.93.